The molecule has 0 unspecified atom stereocenters. The van der Waals surface area contributed by atoms with Crippen LogP contribution in [0.1, 0.15) is 10.4 Å². The van der Waals surface area contributed by atoms with E-state index in [9.17, 15) is 19.1 Å². The Hall–Kier alpha value is -2.73. The Bertz CT molecular complexity index is 1120. The molecule has 0 fully saturated rings. The molecule has 0 saturated carbocycles. The van der Waals surface area contributed by atoms with Gasteiger partial charge in [0.1, 0.15) is 0 Å². The Morgan fingerprint density at radius 2 is 1.87 bits per heavy atom. The number of nitro groups is 1. The lowest BCUT2D eigenvalue weighted by atomic mass is 10.2. The molecule has 162 valence electrons. The minimum Gasteiger partial charge on any atom is -0.308 e. The normalized spacial score (nSPS) is 10.1. The molecule has 0 aliphatic carbocycles. The predicted molar refractivity (Wildman–Crippen MR) is 129 cm³/mol. The predicted octanol–water partition coefficient (Wildman–Crippen LogP) is 4.49. The molecule has 31 heavy (non-hydrogen) atoms. The van der Waals surface area contributed by atoms with Crippen LogP contribution in [-0.2, 0) is 10.8 Å². The Labute approximate surface area is 195 Å². The van der Waals surface area contributed by atoms with Crippen molar-refractivity contribution >= 4 is 67.8 Å². The Balaban J connectivity index is 0.000000785. The summed E-state index contributed by atoms with van der Waals surface area (Å²) in [6.07, 6.45) is 3.28. The third-order valence-electron chi connectivity index (χ3n) is 3.41. The smallest absolute Gasteiger partial charge is 0.270 e. The molecular formula is C19H17ClN4O4S3. The van der Waals surface area contributed by atoms with Gasteiger partial charge >= 0.3 is 0 Å². The van der Waals surface area contributed by atoms with Crippen molar-refractivity contribution in [1.29, 1.82) is 0 Å². The monoisotopic (exact) mass is 496 g/mol. The SMILES string of the molecule is CS(C)=O.O=C(NC(=S)Nc1nc(-c2ccc(Cl)cc2)cs1)c1cccc([N+](=O)[O-])c1. The van der Waals surface area contributed by atoms with Crippen molar-refractivity contribution in [1.82, 2.24) is 10.3 Å². The van der Waals surface area contributed by atoms with E-state index in [-0.39, 0.29) is 16.4 Å². The maximum atomic E-state index is 12.2. The van der Waals surface area contributed by atoms with E-state index in [2.05, 4.69) is 15.6 Å². The van der Waals surface area contributed by atoms with Crippen molar-refractivity contribution in [2.24, 2.45) is 0 Å². The number of carbonyl (C=O) groups excluding carboxylic acids is 1. The van der Waals surface area contributed by atoms with Gasteiger partial charge < -0.3 is 5.32 Å². The number of carbonyl (C=O) groups is 1. The number of amides is 1. The number of hydrogen-bond donors (Lipinski definition) is 2. The van der Waals surface area contributed by atoms with Crippen LogP contribution in [0.2, 0.25) is 5.02 Å². The highest BCUT2D eigenvalue weighted by molar-refractivity contribution is 7.83. The number of thiocarbonyl (C=S) groups is 1. The summed E-state index contributed by atoms with van der Waals surface area (Å²) in [5.74, 6) is -0.550. The molecule has 0 radical (unpaired) electrons. The van der Waals surface area contributed by atoms with E-state index in [4.69, 9.17) is 23.8 Å². The molecule has 1 heterocycles. The molecule has 1 aromatic heterocycles. The first-order valence-electron chi connectivity index (χ1n) is 8.49. The van der Waals surface area contributed by atoms with Crippen molar-refractivity contribution in [2.75, 3.05) is 17.8 Å². The summed E-state index contributed by atoms with van der Waals surface area (Å²) in [5, 5.41) is 19.1. The van der Waals surface area contributed by atoms with Crippen molar-refractivity contribution in [3.8, 4) is 11.3 Å². The number of thiazole rings is 1. The van der Waals surface area contributed by atoms with Gasteiger partial charge in [-0.05, 0) is 30.4 Å². The van der Waals surface area contributed by atoms with E-state index in [1.165, 1.54) is 35.6 Å². The summed E-state index contributed by atoms with van der Waals surface area (Å²) in [6, 6.07) is 12.6. The third kappa shape index (κ3) is 8.13. The number of non-ortho nitro benzene ring substituents is 1. The third-order valence-corrected chi connectivity index (χ3v) is 4.62. The van der Waals surface area contributed by atoms with Gasteiger partial charge in [0, 0.05) is 57.0 Å². The Morgan fingerprint density at radius 1 is 1.23 bits per heavy atom. The molecule has 0 bridgehead atoms. The molecule has 0 spiro atoms. The summed E-state index contributed by atoms with van der Waals surface area (Å²) in [4.78, 5) is 26.8. The van der Waals surface area contributed by atoms with Crippen LogP contribution < -0.4 is 10.6 Å². The van der Waals surface area contributed by atoms with Crippen LogP contribution >= 0.6 is 35.2 Å². The molecule has 3 aromatic rings. The first kappa shape index (κ1) is 24.5. The minimum atomic E-state index is -0.611. The minimum absolute atomic E-state index is 0.0449. The fourth-order valence-electron chi connectivity index (χ4n) is 2.15. The lowest BCUT2D eigenvalue weighted by molar-refractivity contribution is -0.384. The molecule has 0 aliphatic rings. The van der Waals surface area contributed by atoms with Crippen molar-refractivity contribution < 1.29 is 13.9 Å². The van der Waals surface area contributed by atoms with E-state index in [0.29, 0.717) is 10.2 Å². The van der Waals surface area contributed by atoms with Gasteiger partial charge in [-0.2, -0.15) is 0 Å². The zero-order chi connectivity index (χ0) is 23.0. The van der Waals surface area contributed by atoms with Crippen LogP contribution in [0.25, 0.3) is 11.3 Å². The first-order chi connectivity index (χ1) is 14.7. The van der Waals surface area contributed by atoms with Crippen LogP contribution in [0.15, 0.2) is 53.9 Å². The average Bonchev–Trinajstić information content (AvgIpc) is 3.16. The zero-order valence-corrected chi connectivity index (χ0v) is 19.5. The molecule has 0 aliphatic heterocycles. The number of halogens is 1. The molecule has 2 aromatic carbocycles. The van der Waals surface area contributed by atoms with Gasteiger partial charge in [-0.1, -0.05) is 29.8 Å². The molecule has 0 atom stereocenters. The van der Waals surface area contributed by atoms with Gasteiger partial charge in [0.2, 0.25) is 0 Å². The maximum absolute atomic E-state index is 12.2. The van der Waals surface area contributed by atoms with E-state index in [0.717, 1.165) is 11.3 Å². The van der Waals surface area contributed by atoms with Gasteiger partial charge in [0.15, 0.2) is 10.2 Å². The zero-order valence-electron chi connectivity index (χ0n) is 16.3. The van der Waals surface area contributed by atoms with Crippen LogP contribution in [0.3, 0.4) is 0 Å². The van der Waals surface area contributed by atoms with Crippen molar-refractivity contribution in [2.45, 2.75) is 0 Å². The standard InChI is InChI=1S/C17H11ClN4O3S2.C2H6OS/c18-12-6-4-10(5-7-12)14-9-27-17(19-14)21-16(26)20-15(23)11-2-1-3-13(8-11)22(24)25;1-4(2)3/h1-9H,(H2,19,20,21,23,26);1-2H3. The second-order valence-electron chi connectivity index (χ2n) is 6.00. The van der Waals surface area contributed by atoms with Gasteiger partial charge in [-0.15, -0.1) is 11.3 Å². The first-order valence-corrected chi connectivity index (χ1v) is 12.1. The quantitative estimate of drug-likeness (QED) is 0.310. The molecule has 2 N–H and O–H groups in total. The van der Waals surface area contributed by atoms with Crippen LogP contribution in [0.5, 0.6) is 0 Å². The molecule has 12 heteroatoms. The summed E-state index contributed by atoms with van der Waals surface area (Å²) < 4.78 is 9.56. The number of hydrogen-bond acceptors (Lipinski definition) is 7. The molecular weight excluding hydrogens is 480 g/mol. The van der Waals surface area contributed by atoms with E-state index >= 15 is 0 Å². The number of nitro benzene ring substituents is 1. The van der Waals surface area contributed by atoms with Gasteiger partial charge in [0.25, 0.3) is 11.6 Å². The highest BCUT2D eigenvalue weighted by Gasteiger charge is 2.13. The molecule has 0 saturated heterocycles. The topological polar surface area (TPSA) is 114 Å². The fourth-order valence-corrected chi connectivity index (χ4v) is 3.25. The summed E-state index contributed by atoms with van der Waals surface area (Å²) in [6.45, 7) is 0. The highest BCUT2D eigenvalue weighted by Crippen LogP contribution is 2.26. The lowest BCUT2D eigenvalue weighted by Gasteiger charge is -2.07. The van der Waals surface area contributed by atoms with Gasteiger partial charge in [0.05, 0.1) is 10.6 Å². The number of nitrogens with one attached hydrogen (secondary N) is 2. The highest BCUT2D eigenvalue weighted by atomic mass is 35.5. The van der Waals surface area contributed by atoms with Crippen LogP contribution in [-0.4, -0.2) is 37.6 Å². The van der Waals surface area contributed by atoms with Crippen LogP contribution in [0.4, 0.5) is 10.8 Å². The van der Waals surface area contributed by atoms with Gasteiger partial charge in [-0.25, -0.2) is 4.98 Å². The number of aromatic nitrogens is 1. The summed E-state index contributed by atoms with van der Waals surface area (Å²) in [5.41, 5.74) is 1.60. The van der Waals surface area contributed by atoms with Crippen LogP contribution in [0, 0.1) is 10.1 Å². The largest absolute Gasteiger partial charge is 0.308 e. The fraction of sp³-hybridized carbons (Fsp3) is 0.105. The second-order valence-corrected chi connectivity index (χ2v) is 9.19. The van der Waals surface area contributed by atoms with E-state index < -0.39 is 21.6 Å². The summed E-state index contributed by atoms with van der Waals surface area (Å²) in [7, 11) is -0.611. The number of rotatable bonds is 4. The second kappa shape index (κ2) is 11.6. The lowest BCUT2D eigenvalue weighted by Crippen LogP contribution is -2.34. The van der Waals surface area contributed by atoms with E-state index in [1.54, 1.807) is 24.6 Å². The maximum Gasteiger partial charge on any atom is 0.270 e. The van der Waals surface area contributed by atoms with Crippen molar-refractivity contribution in [3.05, 3.63) is 74.6 Å². The summed E-state index contributed by atoms with van der Waals surface area (Å²) >= 11 is 12.3. The molecule has 1 amide bonds. The van der Waals surface area contributed by atoms with Crippen molar-refractivity contribution in [3.63, 3.8) is 0 Å². The Morgan fingerprint density at radius 3 is 2.48 bits per heavy atom. The van der Waals surface area contributed by atoms with Gasteiger partial charge in [-0.3, -0.25) is 24.4 Å². The number of anilines is 1. The Kier molecular flexibility index (Phi) is 9.19. The molecule has 3 rings (SSSR count). The average molecular weight is 497 g/mol. The van der Waals surface area contributed by atoms with E-state index in [1.807, 2.05) is 17.5 Å². The number of nitrogens with zero attached hydrogens (tertiary/aromatic N) is 2. The number of benzene rings is 2. The molecule has 8 nitrogen and oxygen atoms in total.